The highest BCUT2D eigenvalue weighted by Gasteiger charge is 2.13. The van der Waals surface area contributed by atoms with Crippen LogP contribution >= 0.6 is 11.6 Å². The Kier molecular flexibility index (Phi) is 5.88. The summed E-state index contributed by atoms with van der Waals surface area (Å²) in [7, 11) is 0. The molecule has 0 aliphatic heterocycles. The Morgan fingerprint density at radius 1 is 1.06 bits per heavy atom. The average Bonchev–Trinajstić information content (AvgIpc) is 2.83. The first-order valence-electron chi connectivity index (χ1n) is 10.3. The van der Waals surface area contributed by atoms with E-state index in [4.69, 9.17) is 16.3 Å². The zero-order valence-corrected chi connectivity index (χ0v) is 18.4. The van der Waals surface area contributed by atoms with Crippen LogP contribution in [-0.2, 0) is 6.61 Å². The summed E-state index contributed by atoms with van der Waals surface area (Å²) in [4.78, 5) is 24.7. The lowest BCUT2D eigenvalue weighted by Gasteiger charge is -2.14. The average molecular weight is 474 g/mol. The number of nitrogens with one attached hydrogen (secondary N) is 1. The van der Waals surface area contributed by atoms with Gasteiger partial charge in [0, 0.05) is 24.1 Å². The number of nitrogens with zero attached hydrogens (tertiary/aromatic N) is 4. The molecule has 0 atom stereocenters. The summed E-state index contributed by atoms with van der Waals surface area (Å²) in [6.45, 7) is 0.185. The topological polar surface area (TPSA) is 81.4 Å². The number of rotatable bonds is 6. The molecule has 0 saturated carbocycles. The highest BCUT2D eigenvalue weighted by Crippen LogP contribution is 2.32. The van der Waals surface area contributed by atoms with Gasteiger partial charge in [-0.25, -0.2) is 14.4 Å². The Morgan fingerprint density at radius 3 is 2.82 bits per heavy atom. The fraction of sp³-hybridized carbons (Fsp3) is 0.0400. The van der Waals surface area contributed by atoms with Gasteiger partial charge in [-0.2, -0.15) is 4.98 Å². The number of ether oxygens (including phenoxy) is 1. The van der Waals surface area contributed by atoms with E-state index in [1.54, 1.807) is 47.0 Å². The maximum atomic E-state index is 13.4. The fourth-order valence-electron chi connectivity index (χ4n) is 3.50. The van der Waals surface area contributed by atoms with Gasteiger partial charge in [0.2, 0.25) is 0 Å². The molecule has 0 radical (unpaired) electrons. The highest BCUT2D eigenvalue weighted by atomic mass is 35.5. The molecule has 5 rings (SSSR count). The van der Waals surface area contributed by atoms with E-state index in [2.05, 4.69) is 20.3 Å². The van der Waals surface area contributed by atoms with E-state index >= 15 is 0 Å². The van der Waals surface area contributed by atoms with Crippen molar-refractivity contribution in [3.63, 3.8) is 0 Å². The summed E-state index contributed by atoms with van der Waals surface area (Å²) < 4.78 is 20.9. The van der Waals surface area contributed by atoms with Crippen molar-refractivity contribution >= 4 is 28.8 Å². The minimum Gasteiger partial charge on any atom is -0.487 e. The molecule has 3 heterocycles. The van der Waals surface area contributed by atoms with Crippen LogP contribution in [0.1, 0.15) is 5.56 Å². The van der Waals surface area contributed by atoms with E-state index in [9.17, 15) is 9.18 Å². The molecular formula is C25H17ClFN5O2. The predicted molar refractivity (Wildman–Crippen MR) is 128 cm³/mol. The Balaban J connectivity index is 1.42. The van der Waals surface area contributed by atoms with Gasteiger partial charge in [-0.15, -0.1) is 0 Å². The smallest absolute Gasteiger partial charge is 0.273 e. The SMILES string of the molecule is O=c1cc(-c2cncnc2Nc2ccc(OCc3cccc(F)c3)c(Cl)c2)n2ccccc2n1. The van der Waals surface area contributed by atoms with Gasteiger partial charge in [0.25, 0.3) is 5.56 Å². The van der Waals surface area contributed by atoms with Gasteiger partial charge >= 0.3 is 0 Å². The van der Waals surface area contributed by atoms with Gasteiger partial charge in [-0.3, -0.25) is 4.79 Å². The Bertz CT molecular complexity index is 1560. The van der Waals surface area contributed by atoms with Gasteiger partial charge in [-0.1, -0.05) is 29.8 Å². The lowest BCUT2D eigenvalue weighted by molar-refractivity contribution is 0.306. The first kappa shape index (κ1) is 21.5. The van der Waals surface area contributed by atoms with Crippen molar-refractivity contribution in [2.45, 2.75) is 6.61 Å². The zero-order chi connectivity index (χ0) is 23.5. The van der Waals surface area contributed by atoms with E-state index in [0.29, 0.717) is 44.7 Å². The Hall–Kier alpha value is -4.30. The summed E-state index contributed by atoms with van der Waals surface area (Å²) in [5.41, 5.74) is 2.73. The third-order valence-corrected chi connectivity index (χ3v) is 5.34. The van der Waals surface area contributed by atoms with Gasteiger partial charge in [-0.05, 0) is 48.0 Å². The van der Waals surface area contributed by atoms with Gasteiger partial charge < -0.3 is 14.5 Å². The number of hydrogen-bond acceptors (Lipinski definition) is 6. The van der Waals surface area contributed by atoms with Crippen LogP contribution in [0, 0.1) is 5.82 Å². The van der Waals surface area contributed by atoms with E-state index in [0.717, 1.165) is 0 Å². The van der Waals surface area contributed by atoms with Crippen LogP contribution in [0.5, 0.6) is 5.75 Å². The molecule has 0 fully saturated rings. The molecule has 3 aromatic heterocycles. The molecule has 0 saturated heterocycles. The van der Waals surface area contributed by atoms with Gasteiger partial charge in [0.15, 0.2) is 0 Å². The molecule has 0 bridgehead atoms. The number of pyridine rings is 1. The zero-order valence-electron chi connectivity index (χ0n) is 17.7. The second-order valence-electron chi connectivity index (χ2n) is 7.38. The Morgan fingerprint density at radius 2 is 1.97 bits per heavy atom. The van der Waals surface area contributed by atoms with Crippen molar-refractivity contribution in [1.82, 2.24) is 19.4 Å². The molecular weight excluding hydrogens is 457 g/mol. The van der Waals surface area contributed by atoms with Crippen molar-refractivity contribution in [3.05, 3.63) is 112 Å². The molecule has 0 amide bonds. The van der Waals surface area contributed by atoms with Crippen LogP contribution in [0.2, 0.25) is 5.02 Å². The lowest BCUT2D eigenvalue weighted by atomic mass is 10.2. The number of benzene rings is 2. The van der Waals surface area contributed by atoms with Gasteiger partial charge in [0.1, 0.15) is 36.0 Å². The molecule has 0 aliphatic rings. The normalized spacial score (nSPS) is 10.9. The van der Waals surface area contributed by atoms with Crippen LogP contribution in [0.4, 0.5) is 15.9 Å². The molecule has 9 heteroatoms. The molecule has 2 aromatic carbocycles. The van der Waals surface area contributed by atoms with E-state index < -0.39 is 0 Å². The molecule has 0 aliphatic carbocycles. The van der Waals surface area contributed by atoms with Crippen molar-refractivity contribution in [3.8, 4) is 17.0 Å². The largest absolute Gasteiger partial charge is 0.487 e. The monoisotopic (exact) mass is 473 g/mol. The second kappa shape index (κ2) is 9.29. The second-order valence-corrected chi connectivity index (χ2v) is 7.79. The molecule has 7 nitrogen and oxygen atoms in total. The van der Waals surface area contributed by atoms with Crippen LogP contribution in [0.3, 0.4) is 0 Å². The lowest BCUT2D eigenvalue weighted by Crippen LogP contribution is -2.11. The van der Waals surface area contributed by atoms with Crippen LogP contribution in [0.25, 0.3) is 16.9 Å². The molecule has 0 spiro atoms. The number of fused-ring (bicyclic) bond motifs is 1. The first-order valence-corrected chi connectivity index (χ1v) is 10.7. The minimum absolute atomic E-state index is 0.185. The predicted octanol–water partition coefficient (Wildman–Crippen LogP) is 5.27. The standard InChI is InChI=1S/C25H17ClFN5O2/c26-20-11-18(7-8-22(20)34-14-16-4-3-5-17(27)10-16)30-25-19(13-28-15-29-25)21-12-24(33)31-23-6-1-2-9-32(21)23/h1-13,15H,14H2,(H,28,29,30). The van der Waals surface area contributed by atoms with Crippen LogP contribution < -0.4 is 15.6 Å². The number of anilines is 2. The van der Waals surface area contributed by atoms with Crippen molar-refractivity contribution in [1.29, 1.82) is 0 Å². The molecule has 0 unspecified atom stereocenters. The highest BCUT2D eigenvalue weighted by molar-refractivity contribution is 6.32. The fourth-order valence-corrected chi connectivity index (χ4v) is 3.74. The number of aromatic nitrogens is 4. The quantitative estimate of drug-likeness (QED) is 0.362. The first-order chi connectivity index (χ1) is 16.6. The maximum Gasteiger partial charge on any atom is 0.273 e. The van der Waals surface area contributed by atoms with Crippen molar-refractivity contribution in [2.75, 3.05) is 5.32 Å². The summed E-state index contributed by atoms with van der Waals surface area (Å²) >= 11 is 6.42. The molecule has 1 N–H and O–H groups in total. The van der Waals surface area contributed by atoms with E-state index in [-0.39, 0.29) is 18.0 Å². The van der Waals surface area contributed by atoms with Crippen molar-refractivity contribution in [2.24, 2.45) is 0 Å². The maximum absolute atomic E-state index is 13.4. The molecule has 34 heavy (non-hydrogen) atoms. The number of halogens is 2. The summed E-state index contributed by atoms with van der Waals surface area (Å²) in [6.07, 6.45) is 4.85. The summed E-state index contributed by atoms with van der Waals surface area (Å²) in [5, 5.41) is 3.61. The van der Waals surface area contributed by atoms with Gasteiger partial charge in [0.05, 0.1) is 16.3 Å². The summed E-state index contributed by atoms with van der Waals surface area (Å²) in [6, 6.07) is 18.3. The van der Waals surface area contributed by atoms with E-state index in [1.807, 2.05) is 18.3 Å². The van der Waals surface area contributed by atoms with Crippen LogP contribution in [-0.4, -0.2) is 19.4 Å². The summed E-state index contributed by atoms with van der Waals surface area (Å²) in [5.74, 6) is 0.630. The molecule has 168 valence electrons. The Labute approximate surface area is 198 Å². The number of hydrogen-bond donors (Lipinski definition) is 1. The van der Waals surface area contributed by atoms with Crippen molar-refractivity contribution < 1.29 is 9.13 Å². The van der Waals surface area contributed by atoms with Crippen LogP contribution in [0.15, 0.2) is 90.2 Å². The molecule has 5 aromatic rings. The third-order valence-electron chi connectivity index (χ3n) is 5.05. The van der Waals surface area contributed by atoms with E-state index in [1.165, 1.54) is 24.5 Å². The third kappa shape index (κ3) is 4.57. The minimum atomic E-state index is -0.362.